The Morgan fingerprint density at radius 3 is 3.00 bits per heavy atom. The normalized spacial score (nSPS) is 10.5. The van der Waals surface area contributed by atoms with Gasteiger partial charge in [0.05, 0.1) is 17.5 Å². The molecule has 0 aliphatic rings. The third-order valence-electron chi connectivity index (χ3n) is 1.73. The summed E-state index contributed by atoms with van der Waals surface area (Å²) in [7, 11) is 1.66. The summed E-state index contributed by atoms with van der Waals surface area (Å²) < 4.78 is 6.34. The SMILES string of the molecule is COc1csc2cccc(Cl)c12. The molecule has 2 aromatic rings. The Labute approximate surface area is 79.5 Å². The van der Waals surface area contributed by atoms with Gasteiger partial charge in [-0.3, -0.25) is 0 Å². The van der Waals surface area contributed by atoms with Crippen molar-refractivity contribution in [2.45, 2.75) is 0 Å². The van der Waals surface area contributed by atoms with Gasteiger partial charge in [-0.05, 0) is 12.1 Å². The third kappa shape index (κ3) is 1.08. The van der Waals surface area contributed by atoms with Gasteiger partial charge < -0.3 is 4.74 Å². The molecule has 0 saturated carbocycles. The van der Waals surface area contributed by atoms with Crippen LogP contribution in [0, 0.1) is 0 Å². The van der Waals surface area contributed by atoms with Crippen LogP contribution >= 0.6 is 22.9 Å². The van der Waals surface area contributed by atoms with Crippen molar-refractivity contribution < 1.29 is 4.74 Å². The van der Waals surface area contributed by atoms with E-state index in [1.165, 1.54) is 4.70 Å². The van der Waals surface area contributed by atoms with Gasteiger partial charge in [0.2, 0.25) is 0 Å². The lowest BCUT2D eigenvalue weighted by atomic mass is 10.2. The first-order valence-corrected chi connectivity index (χ1v) is 4.78. The van der Waals surface area contributed by atoms with Gasteiger partial charge in [-0.2, -0.15) is 0 Å². The molecule has 62 valence electrons. The van der Waals surface area contributed by atoms with Gasteiger partial charge in [0.25, 0.3) is 0 Å². The summed E-state index contributed by atoms with van der Waals surface area (Å²) in [6, 6.07) is 5.86. The summed E-state index contributed by atoms with van der Waals surface area (Å²) in [5.41, 5.74) is 0. The predicted octanol–water partition coefficient (Wildman–Crippen LogP) is 3.56. The highest BCUT2D eigenvalue weighted by atomic mass is 35.5. The molecule has 0 unspecified atom stereocenters. The van der Waals surface area contributed by atoms with Crippen molar-refractivity contribution >= 4 is 33.0 Å². The zero-order valence-electron chi connectivity index (χ0n) is 6.50. The Bertz CT molecular complexity index is 408. The van der Waals surface area contributed by atoms with Crippen LogP contribution in [0.15, 0.2) is 23.6 Å². The van der Waals surface area contributed by atoms with E-state index in [1.807, 2.05) is 23.6 Å². The summed E-state index contributed by atoms with van der Waals surface area (Å²) in [6.07, 6.45) is 0. The van der Waals surface area contributed by atoms with Crippen LogP contribution in [0.5, 0.6) is 5.75 Å². The standard InChI is InChI=1S/C9H7ClOS/c1-11-7-5-12-8-4-2-3-6(10)9(7)8/h2-5H,1H3. The molecule has 0 bridgehead atoms. The van der Waals surface area contributed by atoms with E-state index in [-0.39, 0.29) is 0 Å². The number of hydrogen-bond acceptors (Lipinski definition) is 2. The lowest BCUT2D eigenvalue weighted by Crippen LogP contribution is -1.79. The van der Waals surface area contributed by atoms with Crippen LogP contribution in [0.4, 0.5) is 0 Å². The Hall–Kier alpha value is -0.730. The molecular weight excluding hydrogens is 192 g/mol. The topological polar surface area (TPSA) is 9.23 Å². The second-order valence-electron chi connectivity index (χ2n) is 2.42. The number of thiophene rings is 1. The van der Waals surface area contributed by atoms with E-state index in [0.29, 0.717) is 0 Å². The average Bonchev–Trinajstić information content (AvgIpc) is 2.49. The van der Waals surface area contributed by atoms with E-state index in [4.69, 9.17) is 16.3 Å². The first-order chi connectivity index (χ1) is 5.83. The van der Waals surface area contributed by atoms with Gasteiger partial charge in [0.15, 0.2) is 0 Å². The molecule has 0 spiro atoms. The summed E-state index contributed by atoms with van der Waals surface area (Å²) in [6.45, 7) is 0. The molecular formula is C9H7ClOS. The predicted molar refractivity (Wildman–Crippen MR) is 53.4 cm³/mol. The fraction of sp³-hybridized carbons (Fsp3) is 0.111. The Morgan fingerprint density at radius 2 is 2.25 bits per heavy atom. The molecule has 1 nitrogen and oxygen atoms in total. The van der Waals surface area contributed by atoms with Crippen molar-refractivity contribution in [3.63, 3.8) is 0 Å². The quantitative estimate of drug-likeness (QED) is 0.681. The fourth-order valence-electron chi connectivity index (χ4n) is 1.17. The maximum atomic E-state index is 6.01. The summed E-state index contributed by atoms with van der Waals surface area (Å²) >= 11 is 7.65. The van der Waals surface area contributed by atoms with E-state index < -0.39 is 0 Å². The van der Waals surface area contributed by atoms with Crippen molar-refractivity contribution in [2.75, 3.05) is 7.11 Å². The third-order valence-corrected chi connectivity index (χ3v) is 2.98. The van der Waals surface area contributed by atoms with Crippen molar-refractivity contribution in [3.8, 4) is 5.75 Å². The number of fused-ring (bicyclic) bond motifs is 1. The van der Waals surface area contributed by atoms with Crippen molar-refractivity contribution in [2.24, 2.45) is 0 Å². The highest BCUT2D eigenvalue weighted by Crippen LogP contribution is 2.36. The maximum absolute atomic E-state index is 6.01. The average molecular weight is 199 g/mol. The van der Waals surface area contributed by atoms with Crippen LogP contribution < -0.4 is 4.74 Å². The largest absolute Gasteiger partial charge is 0.495 e. The summed E-state index contributed by atoms with van der Waals surface area (Å²) in [5.74, 6) is 0.862. The van der Waals surface area contributed by atoms with Gasteiger partial charge in [0, 0.05) is 10.1 Å². The van der Waals surface area contributed by atoms with E-state index in [1.54, 1.807) is 18.4 Å². The first kappa shape index (κ1) is 7.90. The van der Waals surface area contributed by atoms with Crippen LogP contribution in [0.1, 0.15) is 0 Å². The first-order valence-electron chi connectivity index (χ1n) is 3.52. The smallest absolute Gasteiger partial charge is 0.138 e. The van der Waals surface area contributed by atoms with Crippen LogP contribution in [-0.2, 0) is 0 Å². The molecule has 0 atom stereocenters. The Kier molecular flexibility index (Phi) is 1.95. The maximum Gasteiger partial charge on any atom is 0.138 e. The molecule has 0 fully saturated rings. The fourth-order valence-corrected chi connectivity index (χ4v) is 2.43. The number of methoxy groups -OCH3 is 1. The molecule has 3 heteroatoms. The van der Waals surface area contributed by atoms with E-state index >= 15 is 0 Å². The molecule has 0 N–H and O–H groups in total. The molecule has 0 saturated heterocycles. The second kappa shape index (κ2) is 2.96. The van der Waals surface area contributed by atoms with Gasteiger partial charge >= 0.3 is 0 Å². The molecule has 1 aromatic heterocycles. The molecule has 12 heavy (non-hydrogen) atoms. The molecule has 2 rings (SSSR count). The highest BCUT2D eigenvalue weighted by Gasteiger charge is 2.06. The van der Waals surface area contributed by atoms with Crippen LogP contribution in [0.3, 0.4) is 0 Å². The van der Waals surface area contributed by atoms with Crippen LogP contribution in [0.2, 0.25) is 5.02 Å². The summed E-state index contributed by atoms with van der Waals surface area (Å²) in [4.78, 5) is 0. The van der Waals surface area contributed by atoms with Gasteiger partial charge in [-0.15, -0.1) is 11.3 Å². The lowest BCUT2D eigenvalue weighted by Gasteiger charge is -1.97. The van der Waals surface area contributed by atoms with Gasteiger partial charge in [-0.25, -0.2) is 0 Å². The van der Waals surface area contributed by atoms with Crippen molar-refractivity contribution in [1.82, 2.24) is 0 Å². The number of rotatable bonds is 1. The highest BCUT2D eigenvalue weighted by molar-refractivity contribution is 7.17. The number of hydrogen-bond donors (Lipinski definition) is 0. The van der Waals surface area contributed by atoms with Crippen molar-refractivity contribution in [1.29, 1.82) is 0 Å². The Balaban J connectivity index is 2.83. The summed E-state index contributed by atoms with van der Waals surface area (Å²) in [5, 5.41) is 3.74. The molecule has 0 aliphatic carbocycles. The zero-order chi connectivity index (χ0) is 8.55. The minimum Gasteiger partial charge on any atom is -0.495 e. The zero-order valence-corrected chi connectivity index (χ0v) is 8.08. The van der Waals surface area contributed by atoms with Crippen LogP contribution in [-0.4, -0.2) is 7.11 Å². The number of halogens is 1. The number of ether oxygens (including phenoxy) is 1. The molecule has 1 aromatic carbocycles. The van der Waals surface area contributed by atoms with Gasteiger partial charge in [-0.1, -0.05) is 17.7 Å². The van der Waals surface area contributed by atoms with Crippen LogP contribution in [0.25, 0.3) is 10.1 Å². The molecule has 0 radical (unpaired) electrons. The van der Waals surface area contributed by atoms with Crippen molar-refractivity contribution in [3.05, 3.63) is 28.6 Å². The minimum atomic E-state index is 0.755. The molecule has 1 heterocycles. The minimum absolute atomic E-state index is 0.755. The number of benzene rings is 1. The van der Waals surface area contributed by atoms with E-state index in [0.717, 1.165) is 16.2 Å². The second-order valence-corrected chi connectivity index (χ2v) is 3.74. The molecule has 0 amide bonds. The Morgan fingerprint density at radius 1 is 1.42 bits per heavy atom. The van der Waals surface area contributed by atoms with E-state index in [2.05, 4.69) is 0 Å². The molecule has 0 aliphatic heterocycles. The van der Waals surface area contributed by atoms with Gasteiger partial charge in [0.1, 0.15) is 5.75 Å². The van der Waals surface area contributed by atoms with E-state index in [9.17, 15) is 0 Å². The lowest BCUT2D eigenvalue weighted by molar-refractivity contribution is 0.421. The monoisotopic (exact) mass is 198 g/mol.